The fraction of sp³-hybridized carbons (Fsp3) is 1.00. The summed E-state index contributed by atoms with van der Waals surface area (Å²) >= 11 is 0. The van der Waals surface area contributed by atoms with Crippen LogP contribution in [0.2, 0.25) is 0 Å². The van der Waals surface area contributed by atoms with E-state index in [1.807, 2.05) is 0 Å². The third-order valence-electron chi connectivity index (χ3n) is 6.20. The lowest BCUT2D eigenvalue weighted by Crippen LogP contribution is -2.48. The van der Waals surface area contributed by atoms with Crippen molar-refractivity contribution in [3.63, 3.8) is 0 Å². The highest BCUT2D eigenvalue weighted by Gasteiger charge is 2.37. The summed E-state index contributed by atoms with van der Waals surface area (Å²) in [6.45, 7) is 14.4. The molecule has 0 radical (unpaired) electrons. The second-order valence-corrected chi connectivity index (χ2v) is 8.82. The van der Waals surface area contributed by atoms with Gasteiger partial charge in [-0.3, -0.25) is 0 Å². The van der Waals surface area contributed by atoms with E-state index in [0.29, 0.717) is 5.41 Å². The largest absolute Gasteiger partial charge is 0.314 e. The second kappa shape index (κ2) is 7.00. The molecule has 0 saturated heterocycles. The maximum atomic E-state index is 3.77. The van der Waals surface area contributed by atoms with E-state index in [0.717, 1.165) is 36.4 Å². The van der Waals surface area contributed by atoms with Crippen molar-refractivity contribution in [1.82, 2.24) is 10.2 Å². The highest BCUT2D eigenvalue weighted by atomic mass is 15.1. The average Bonchev–Trinajstić information content (AvgIpc) is 3.23. The fourth-order valence-electron chi connectivity index (χ4n) is 4.26. The maximum Gasteiger partial charge on any atom is 0.0108 e. The monoisotopic (exact) mass is 294 g/mol. The molecule has 124 valence electrons. The summed E-state index contributed by atoms with van der Waals surface area (Å²) in [6.07, 6.45) is 7.09. The van der Waals surface area contributed by atoms with Gasteiger partial charge in [0.25, 0.3) is 0 Å². The van der Waals surface area contributed by atoms with Crippen LogP contribution in [0.4, 0.5) is 0 Å². The first kappa shape index (κ1) is 17.3. The molecule has 0 amide bonds. The number of rotatable bonds is 6. The molecular weight excluding hydrogens is 256 g/mol. The first-order valence-corrected chi connectivity index (χ1v) is 9.26. The second-order valence-electron chi connectivity index (χ2n) is 8.82. The Balaban J connectivity index is 1.96. The minimum atomic E-state index is 0.468. The molecule has 4 atom stereocenters. The van der Waals surface area contributed by atoms with Crippen LogP contribution in [-0.2, 0) is 0 Å². The van der Waals surface area contributed by atoms with Gasteiger partial charge in [-0.1, -0.05) is 27.7 Å². The topological polar surface area (TPSA) is 15.3 Å². The quantitative estimate of drug-likeness (QED) is 0.791. The fourth-order valence-corrected chi connectivity index (χ4v) is 4.26. The standard InChI is InChI=1S/C19H38N2/c1-7-20-18-11-10-17(19(3,4)5)12-16(18)13-21(6)14(2)15-8-9-15/h14-18,20H,7-13H2,1-6H3. The van der Waals surface area contributed by atoms with E-state index in [4.69, 9.17) is 0 Å². The van der Waals surface area contributed by atoms with Gasteiger partial charge in [-0.25, -0.2) is 0 Å². The number of hydrogen-bond acceptors (Lipinski definition) is 2. The summed E-state index contributed by atoms with van der Waals surface area (Å²) < 4.78 is 0. The zero-order valence-corrected chi connectivity index (χ0v) is 15.3. The minimum Gasteiger partial charge on any atom is -0.314 e. The van der Waals surface area contributed by atoms with E-state index in [-0.39, 0.29) is 0 Å². The molecule has 2 nitrogen and oxygen atoms in total. The van der Waals surface area contributed by atoms with Crippen LogP contribution in [-0.4, -0.2) is 37.1 Å². The molecule has 2 aliphatic carbocycles. The lowest BCUT2D eigenvalue weighted by atomic mass is 9.67. The molecule has 2 fully saturated rings. The summed E-state index contributed by atoms with van der Waals surface area (Å²) in [7, 11) is 2.35. The molecule has 0 aromatic rings. The molecule has 0 spiro atoms. The van der Waals surface area contributed by atoms with Gasteiger partial charge in [-0.15, -0.1) is 0 Å². The number of hydrogen-bond donors (Lipinski definition) is 1. The van der Waals surface area contributed by atoms with Crippen LogP contribution >= 0.6 is 0 Å². The molecular formula is C19H38N2. The highest BCUT2D eigenvalue weighted by molar-refractivity contribution is 4.92. The Kier molecular flexibility index (Phi) is 5.76. The van der Waals surface area contributed by atoms with Crippen LogP contribution in [0.15, 0.2) is 0 Å². The van der Waals surface area contributed by atoms with Gasteiger partial charge < -0.3 is 10.2 Å². The maximum absolute atomic E-state index is 3.77. The average molecular weight is 295 g/mol. The first-order valence-electron chi connectivity index (χ1n) is 9.26. The predicted molar refractivity (Wildman–Crippen MR) is 92.6 cm³/mol. The molecule has 21 heavy (non-hydrogen) atoms. The Morgan fingerprint density at radius 3 is 2.33 bits per heavy atom. The normalized spacial score (nSPS) is 32.4. The summed E-state index contributed by atoms with van der Waals surface area (Å²) in [5.41, 5.74) is 0.468. The van der Waals surface area contributed by atoms with Crippen LogP contribution in [0.3, 0.4) is 0 Å². The van der Waals surface area contributed by atoms with Gasteiger partial charge in [0.05, 0.1) is 0 Å². The van der Waals surface area contributed by atoms with E-state index < -0.39 is 0 Å². The van der Waals surface area contributed by atoms with Crippen LogP contribution < -0.4 is 5.32 Å². The van der Waals surface area contributed by atoms with Crippen LogP contribution in [0.5, 0.6) is 0 Å². The first-order chi connectivity index (χ1) is 9.82. The molecule has 2 heteroatoms. The van der Waals surface area contributed by atoms with Crippen molar-refractivity contribution in [2.75, 3.05) is 20.1 Å². The lowest BCUT2D eigenvalue weighted by molar-refractivity contribution is 0.0824. The van der Waals surface area contributed by atoms with Crippen molar-refractivity contribution in [2.45, 2.75) is 78.8 Å². The molecule has 2 aliphatic rings. The Labute approximate surface area is 133 Å². The van der Waals surface area contributed by atoms with E-state index in [1.54, 1.807) is 0 Å². The van der Waals surface area contributed by atoms with Gasteiger partial charge in [0, 0.05) is 18.6 Å². The molecule has 2 rings (SSSR count). The zero-order valence-electron chi connectivity index (χ0n) is 15.3. The molecule has 4 unspecified atom stereocenters. The third-order valence-corrected chi connectivity index (χ3v) is 6.20. The van der Waals surface area contributed by atoms with E-state index >= 15 is 0 Å². The predicted octanol–water partition coefficient (Wildman–Crippen LogP) is 4.16. The Morgan fingerprint density at radius 1 is 1.14 bits per heavy atom. The van der Waals surface area contributed by atoms with Crippen molar-refractivity contribution in [2.24, 2.45) is 23.2 Å². The highest BCUT2D eigenvalue weighted by Crippen LogP contribution is 2.41. The Bertz CT molecular complexity index is 316. The summed E-state index contributed by atoms with van der Waals surface area (Å²) in [5, 5.41) is 3.77. The van der Waals surface area contributed by atoms with Gasteiger partial charge in [0.1, 0.15) is 0 Å². The van der Waals surface area contributed by atoms with E-state index in [2.05, 4.69) is 51.9 Å². The van der Waals surface area contributed by atoms with Gasteiger partial charge >= 0.3 is 0 Å². The Morgan fingerprint density at radius 2 is 1.81 bits per heavy atom. The van der Waals surface area contributed by atoms with Crippen molar-refractivity contribution >= 4 is 0 Å². The molecule has 0 aromatic heterocycles. The SMILES string of the molecule is CCNC1CCC(C(C)(C)C)CC1CN(C)C(C)C1CC1. The van der Waals surface area contributed by atoms with Crippen molar-refractivity contribution in [3.8, 4) is 0 Å². The summed E-state index contributed by atoms with van der Waals surface area (Å²) in [4.78, 5) is 2.65. The van der Waals surface area contributed by atoms with Crippen LogP contribution in [0, 0.1) is 23.2 Å². The van der Waals surface area contributed by atoms with Crippen molar-refractivity contribution < 1.29 is 0 Å². The molecule has 1 N–H and O–H groups in total. The van der Waals surface area contributed by atoms with Crippen LogP contribution in [0.1, 0.15) is 66.7 Å². The molecule has 0 heterocycles. The minimum absolute atomic E-state index is 0.468. The van der Waals surface area contributed by atoms with Crippen molar-refractivity contribution in [1.29, 1.82) is 0 Å². The molecule has 0 aliphatic heterocycles. The van der Waals surface area contributed by atoms with Gasteiger partial charge in [0.15, 0.2) is 0 Å². The summed E-state index contributed by atoms with van der Waals surface area (Å²) in [6, 6.07) is 1.52. The van der Waals surface area contributed by atoms with E-state index in [1.165, 1.54) is 38.6 Å². The zero-order chi connectivity index (χ0) is 15.6. The smallest absolute Gasteiger partial charge is 0.0108 e. The van der Waals surface area contributed by atoms with Gasteiger partial charge in [-0.05, 0) is 75.8 Å². The Hall–Kier alpha value is -0.0800. The molecule has 2 saturated carbocycles. The van der Waals surface area contributed by atoms with Crippen LogP contribution in [0.25, 0.3) is 0 Å². The molecule has 0 bridgehead atoms. The van der Waals surface area contributed by atoms with Crippen molar-refractivity contribution in [3.05, 3.63) is 0 Å². The third kappa shape index (κ3) is 4.69. The molecule has 0 aromatic carbocycles. The summed E-state index contributed by atoms with van der Waals surface area (Å²) in [5.74, 6) is 2.70. The van der Waals surface area contributed by atoms with E-state index in [9.17, 15) is 0 Å². The number of nitrogens with one attached hydrogen (secondary N) is 1. The lowest BCUT2D eigenvalue weighted by Gasteiger charge is -2.44. The van der Waals surface area contributed by atoms with Gasteiger partial charge in [-0.2, -0.15) is 0 Å². The van der Waals surface area contributed by atoms with Gasteiger partial charge in [0.2, 0.25) is 0 Å². The number of nitrogens with zero attached hydrogens (tertiary/aromatic N) is 1.